The van der Waals surface area contributed by atoms with Crippen LogP contribution in [-0.2, 0) is 16.0 Å². The number of benzene rings is 1. The Labute approximate surface area is 151 Å². The SMILES string of the molecule is CCCNC(=O)C(=O)Nc1ccc2c(c1)CCCN2C(=O)c1ccco1. The lowest BCUT2D eigenvalue weighted by Crippen LogP contribution is -2.36. The number of hydrogen-bond acceptors (Lipinski definition) is 4. The molecular formula is C19H21N3O4. The highest BCUT2D eigenvalue weighted by molar-refractivity contribution is 6.39. The zero-order valence-electron chi connectivity index (χ0n) is 14.6. The van der Waals surface area contributed by atoms with E-state index in [-0.39, 0.29) is 5.91 Å². The highest BCUT2D eigenvalue weighted by Crippen LogP contribution is 2.30. The fourth-order valence-corrected chi connectivity index (χ4v) is 2.93. The minimum Gasteiger partial charge on any atom is -0.459 e. The van der Waals surface area contributed by atoms with Crippen molar-refractivity contribution in [1.82, 2.24) is 5.32 Å². The molecule has 2 aromatic rings. The number of amides is 3. The highest BCUT2D eigenvalue weighted by atomic mass is 16.3. The van der Waals surface area contributed by atoms with Crippen LogP contribution in [0.1, 0.15) is 35.9 Å². The number of nitrogens with one attached hydrogen (secondary N) is 2. The van der Waals surface area contributed by atoms with E-state index in [9.17, 15) is 14.4 Å². The fraction of sp³-hybridized carbons (Fsp3) is 0.316. The molecule has 3 rings (SSSR count). The molecule has 1 aliphatic rings. The summed E-state index contributed by atoms with van der Waals surface area (Å²) in [6.45, 7) is 2.98. The number of furan rings is 1. The van der Waals surface area contributed by atoms with Gasteiger partial charge in [0.05, 0.1) is 6.26 Å². The Hall–Kier alpha value is -3.09. The first kappa shape index (κ1) is 17.7. The number of fused-ring (bicyclic) bond motifs is 1. The first-order valence-corrected chi connectivity index (χ1v) is 8.67. The van der Waals surface area contributed by atoms with E-state index in [0.717, 1.165) is 30.5 Å². The molecule has 0 fully saturated rings. The predicted molar refractivity (Wildman–Crippen MR) is 97.1 cm³/mol. The molecule has 2 N–H and O–H groups in total. The monoisotopic (exact) mass is 355 g/mol. The lowest BCUT2D eigenvalue weighted by Gasteiger charge is -2.29. The fourth-order valence-electron chi connectivity index (χ4n) is 2.93. The van der Waals surface area contributed by atoms with Crippen molar-refractivity contribution in [3.05, 3.63) is 47.9 Å². The van der Waals surface area contributed by atoms with Gasteiger partial charge in [-0.1, -0.05) is 6.92 Å². The summed E-state index contributed by atoms with van der Waals surface area (Å²) in [7, 11) is 0. The number of nitrogens with zero attached hydrogens (tertiary/aromatic N) is 1. The Kier molecular flexibility index (Phi) is 5.36. The van der Waals surface area contributed by atoms with Crippen molar-refractivity contribution < 1.29 is 18.8 Å². The van der Waals surface area contributed by atoms with Crippen LogP contribution in [0.4, 0.5) is 11.4 Å². The van der Waals surface area contributed by atoms with Crippen LogP contribution in [0.3, 0.4) is 0 Å². The van der Waals surface area contributed by atoms with E-state index in [1.165, 1.54) is 6.26 Å². The maximum atomic E-state index is 12.6. The topological polar surface area (TPSA) is 91.7 Å². The van der Waals surface area contributed by atoms with Crippen LogP contribution in [0.15, 0.2) is 41.0 Å². The molecule has 136 valence electrons. The van der Waals surface area contributed by atoms with Crippen LogP contribution in [0.25, 0.3) is 0 Å². The third-order valence-electron chi connectivity index (χ3n) is 4.17. The van der Waals surface area contributed by atoms with E-state index in [1.54, 1.807) is 29.2 Å². The zero-order valence-corrected chi connectivity index (χ0v) is 14.6. The maximum absolute atomic E-state index is 12.6. The number of carbonyl (C=O) groups is 3. The van der Waals surface area contributed by atoms with E-state index in [1.807, 2.05) is 13.0 Å². The average molecular weight is 355 g/mol. The molecule has 1 aromatic heterocycles. The lowest BCUT2D eigenvalue weighted by molar-refractivity contribution is -0.136. The zero-order chi connectivity index (χ0) is 18.5. The number of hydrogen-bond donors (Lipinski definition) is 2. The van der Waals surface area contributed by atoms with Crippen LogP contribution >= 0.6 is 0 Å². The molecule has 0 unspecified atom stereocenters. The molecular weight excluding hydrogens is 334 g/mol. The van der Waals surface area contributed by atoms with E-state index in [0.29, 0.717) is 24.5 Å². The molecule has 1 aromatic carbocycles. The summed E-state index contributed by atoms with van der Waals surface area (Å²) >= 11 is 0. The van der Waals surface area contributed by atoms with Crippen molar-refractivity contribution in [1.29, 1.82) is 0 Å². The van der Waals surface area contributed by atoms with Gasteiger partial charge in [0.25, 0.3) is 5.91 Å². The largest absolute Gasteiger partial charge is 0.459 e. The van der Waals surface area contributed by atoms with Crippen molar-refractivity contribution in [2.75, 3.05) is 23.3 Å². The van der Waals surface area contributed by atoms with Crippen molar-refractivity contribution in [2.45, 2.75) is 26.2 Å². The van der Waals surface area contributed by atoms with Crippen LogP contribution in [-0.4, -0.2) is 30.8 Å². The minimum atomic E-state index is -0.697. The molecule has 7 heteroatoms. The first-order valence-electron chi connectivity index (χ1n) is 8.67. The van der Waals surface area contributed by atoms with Gasteiger partial charge in [0.2, 0.25) is 0 Å². The van der Waals surface area contributed by atoms with Gasteiger partial charge in [-0.25, -0.2) is 0 Å². The molecule has 3 amide bonds. The molecule has 0 bridgehead atoms. The second kappa shape index (κ2) is 7.86. The summed E-state index contributed by atoms with van der Waals surface area (Å²) < 4.78 is 5.21. The van der Waals surface area contributed by atoms with Gasteiger partial charge in [-0.3, -0.25) is 14.4 Å². The van der Waals surface area contributed by atoms with Crippen molar-refractivity contribution >= 4 is 29.1 Å². The second-order valence-corrected chi connectivity index (χ2v) is 6.09. The third-order valence-corrected chi connectivity index (χ3v) is 4.17. The molecule has 0 atom stereocenters. The molecule has 0 saturated heterocycles. The molecule has 2 heterocycles. The highest BCUT2D eigenvalue weighted by Gasteiger charge is 2.25. The Morgan fingerprint density at radius 1 is 1.19 bits per heavy atom. The minimum absolute atomic E-state index is 0.188. The lowest BCUT2D eigenvalue weighted by atomic mass is 10.0. The van der Waals surface area contributed by atoms with Gasteiger partial charge < -0.3 is 20.0 Å². The number of aryl methyl sites for hydroxylation is 1. The molecule has 0 radical (unpaired) electrons. The Morgan fingerprint density at radius 2 is 2.04 bits per heavy atom. The number of rotatable bonds is 4. The van der Waals surface area contributed by atoms with Crippen molar-refractivity contribution in [2.24, 2.45) is 0 Å². The molecule has 7 nitrogen and oxygen atoms in total. The van der Waals surface area contributed by atoms with Crippen molar-refractivity contribution in [3.8, 4) is 0 Å². The summed E-state index contributed by atoms with van der Waals surface area (Å²) in [5.74, 6) is -1.24. The van der Waals surface area contributed by atoms with Gasteiger partial charge in [0.1, 0.15) is 0 Å². The van der Waals surface area contributed by atoms with Crippen molar-refractivity contribution in [3.63, 3.8) is 0 Å². The van der Waals surface area contributed by atoms with Crippen LogP contribution in [0, 0.1) is 0 Å². The summed E-state index contributed by atoms with van der Waals surface area (Å²) in [6.07, 6.45) is 3.84. The first-order chi connectivity index (χ1) is 12.6. The summed E-state index contributed by atoms with van der Waals surface area (Å²) in [4.78, 5) is 37.9. The van der Waals surface area contributed by atoms with E-state index in [2.05, 4.69) is 10.6 Å². The van der Waals surface area contributed by atoms with Gasteiger partial charge in [0, 0.05) is 24.5 Å². The normalized spacial score (nSPS) is 13.0. The summed E-state index contributed by atoms with van der Waals surface area (Å²) in [5.41, 5.74) is 2.28. The quantitative estimate of drug-likeness (QED) is 0.824. The number of carbonyl (C=O) groups excluding carboxylic acids is 3. The predicted octanol–water partition coefficient (Wildman–Crippen LogP) is 2.34. The number of anilines is 2. The maximum Gasteiger partial charge on any atom is 0.313 e. The van der Waals surface area contributed by atoms with Gasteiger partial charge >= 0.3 is 11.8 Å². The summed E-state index contributed by atoms with van der Waals surface area (Å²) in [5, 5.41) is 5.14. The van der Waals surface area contributed by atoms with Gasteiger partial charge in [-0.05, 0) is 55.2 Å². The molecule has 26 heavy (non-hydrogen) atoms. The van der Waals surface area contributed by atoms with E-state index < -0.39 is 11.8 Å². The Morgan fingerprint density at radius 3 is 2.77 bits per heavy atom. The van der Waals surface area contributed by atoms with Gasteiger partial charge in [0.15, 0.2) is 5.76 Å². The van der Waals surface area contributed by atoms with E-state index in [4.69, 9.17) is 4.42 Å². The molecule has 0 saturated carbocycles. The molecule has 1 aliphatic heterocycles. The summed E-state index contributed by atoms with van der Waals surface area (Å²) in [6, 6.07) is 8.61. The smallest absolute Gasteiger partial charge is 0.313 e. The Balaban J connectivity index is 1.75. The average Bonchev–Trinajstić information content (AvgIpc) is 3.19. The van der Waals surface area contributed by atoms with Gasteiger partial charge in [-0.2, -0.15) is 0 Å². The van der Waals surface area contributed by atoms with Crippen LogP contribution in [0.5, 0.6) is 0 Å². The standard InChI is InChI=1S/C19H21N3O4/c1-2-9-20-17(23)18(24)21-14-7-8-15-13(12-14)5-3-10-22(15)19(25)16-6-4-11-26-16/h4,6-8,11-12H,2-3,5,9-10H2,1H3,(H,20,23)(H,21,24). The van der Waals surface area contributed by atoms with E-state index >= 15 is 0 Å². The van der Waals surface area contributed by atoms with Crippen LogP contribution in [0.2, 0.25) is 0 Å². The molecule has 0 aliphatic carbocycles. The van der Waals surface area contributed by atoms with Crippen LogP contribution < -0.4 is 15.5 Å². The second-order valence-electron chi connectivity index (χ2n) is 6.09. The third kappa shape index (κ3) is 3.77. The van der Waals surface area contributed by atoms with Gasteiger partial charge in [-0.15, -0.1) is 0 Å². The molecule has 0 spiro atoms. The Bertz CT molecular complexity index is 814.